The highest BCUT2D eigenvalue weighted by Crippen LogP contribution is 2.14. The molecule has 2 aromatic heterocycles. The molecule has 0 saturated carbocycles. The molecule has 70 valence electrons. The van der Waals surface area contributed by atoms with Crippen molar-refractivity contribution in [3.05, 3.63) is 36.9 Å². The molecule has 5 heteroatoms. The lowest BCUT2D eigenvalue weighted by Gasteiger charge is -2.00. The summed E-state index contributed by atoms with van der Waals surface area (Å²) < 4.78 is 0. The number of pyridine rings is 1. The summed E-state index contributed by atoms with van der Waals surface area (Å²) in [7, 11) is 0. The Kier molecular flexibility index (Phi) is 2.33. The van der Waals surface area contributed by atoms with Crippen LogP contribution in [0.15, 0.2) is 36.9 Å². The van der Waals surface area contributed by atoms with E-state index in [4.69, 9.17) is 5.84 Å². The van der Waals surface area contributed by atoms with Crippen LogP contribution in [-0.2, 0) is 0 Å². The van der Waals surface area contributed by atoms with Crippen molar-refractivity contribution < 1.29 is 0 Å². The number of hydrogen-bond acceptors (Lipinski definition) is 5. The number of hydrazine groups is 1. The summed E-state index contributed by atoms with van der Waals surface area (Å²) in [5.41, 5.74) is 4.17. The molecule has 0 bridgehead atoms. The summed E-state index contributed by atoms with van der Waals surface area (Å²) in [5.74, 6) is 5.82. The molecular formula is C9H9N5. The highest BCUT2D eigenvalue weighted by atomic mass is 15.2. The second-order valence-electron chi connectivity index (χ2n) is 2.67. The van der Waals surface area contributed by atoms with Gasteiger partial charge in [0.25, 0.3) is 0 Å². The number of hydrogen-bond donors (Lipinski definition) is 2. The molecule has 2 aromatic rings. The number of anilines is 1. The average Bonchev–Trinajstić information content (AvgIpc) is 2.30. The van der Waals surface area contributed by atoms with Crippen LogP contribution in [0.4, 0.5) is 5.82 Å². The lowest BCUT2D eigenvalue weighted by molar-refractivity contribution is 1.18. The maximum absolute atomic E-state index is 5.20. The van der Waals surface area contributed by atoms with Gasteiger partial charge in [0.15, 0.2) is 0 Å². The lowest BCUT2D eigenvalue weighted by Crippen LogP contribution is -2.07. The second kappa shape index (κ2) is 3.80. The highest BCUT2D eigenvalue weighted by Gasteiger charge is 1.98. The van der Waals surface area contributed by atoms with E-state index in [-0.39, 0.29) is 0 Å². The molecule has 0 radical (unpaired) electrons. The molecule has 0 aliphatic carbocycles. The van der Waals surface area contributed by atoms with E-state index in [1.807, 2.05) is 6.07 Å². The first kappa shape index (κ1) is 8.58. The fraction of sp³-hybridized carbons (Fsp3) is 0. The standard InChI is InChI=1S/C9H9N5/c10-14-9-2-1-7(5-13-9)8-6-11-3-4-12-8/h1-6H,10H2,(H,13,14). The molecule has 0 aliphatic rings. The predicted molar refractivity (Wildman–Crippen MR) is 53.1 cm³/mol. The Balaban J connectivity index is 2.34. The third kappa shape index (κ3) is 1.67. The van der Waals surface area contributed by atoms with Gasteiger partial charge in [-0.2, -0.15) is 0 Å². The Labute approximate surface area is 81.0 Å². The van der Waals surface area contributed by atoms with Gasteiger partial charge in [-0.3, -0.25) is 9.97 Å². The molecular weight excluding hydrogens is 178 g/mol. The van der Waals surface area contributed by atoms with E-state index in [2.05, 4.69) is 20.4 Å². The number of nitrogen functional groups attached to an aromatic ring is 1. The summed E-state index contributed by atoms with van der Waals surface area (Å²) in [6.45, 7) is 0. The Hall–Kier alpha value is -2.01. The van der Waals surface area contributed by atoms with Crippen molar-refractivity contribution in [1.82, 2.24) is 15.0 Å². The van der Waals surface area contributed by atoms with Crippen molar-refractivity contribution in [2.45, 2.75) is 0 Å². The van der Waals surface area contributed by atoms with Gasteiger partial charge in [0.05, 0.1) is 11.9 Å². The number of nitrogens with two attached hydrogens (primary N) is 1. The number of rotatable bonds is 2. The van der Waals surface area contributed by atoms with Crippen LogP contribution in [-0.4, -0.2) is 15.0 Å². The van der Waals surface area contributed by atoms with Gasteiger partial charge >= 0.3 is 0 Å². The molecule has 0 amide bonds. The molecule has 0 aromatic carbocycles. The van der Waals surface area contributed by atoms with E-state index in [0.29, 0.717) is 5.82 Å². The van der Waals surface area contributed by atoms with Gasteiger partial charge in [0.2, 0.25) is 0 Å². The van der Waals surface area contributed by atoms with E-state index in [1.165, 1.54) is 0 Å². The third-order valence-corrected chi connectivity index (χ3v) is 1.77. The van der Waals surface area contributed by atoms with Gasteiger partial charge in [-0.1, -0.05) is 0 Å². The quantitative estimate of drug-likeness (QED) is 0.537. The Bertz CT molecular complexity index is 397. The van der Waals surface area contributed by atoms with Crippen LogP contribution in [0.25, 0.3) is 11.3 Å². The molecule has 14 heavy (non-hydrogen) atoms. The zero-order valence-electron chi connectivity index (χ0n) is 7.38. The van der Waals surface area contributed by atoms with Crippen molar-refractivity contribution in [2.75, 3.05) is 5.43 Å². The highest BCUT2D eigenvalue weighted by molar-refractivity contribution is 5.58. The first-order valence-corrected chi connectivity index (χ1v) is 4.09. The Morgan fingerprint density at radius 2 is 2.00 bits per heavy atom. The average molecular weight is 187 g/mol. The molecule has 0 saturated heterocycles. The fourth-order valence-electron chi connectivity index (χ4n) is 1.08. The molecule has 0 fully saturated rings. The van der Waals surface area contributed by atoms with E-state index < -0.39 is 0 Å². The molecule has 3 N–H and O–H groups in total. The maximum atomic E-state index is 5.20. The second-order valence-corrected chi connectivity index (χ2v) is 2.67. The Morgan fingerprint density at radius 3 is 2.57 bits per heavy atom. The Morgan fingerprint density at radius 1 is 1.07 bits per heavy atom. The molecule has 0 unspecified atom stereocenters. The van der Waals surface area contributed by atoms with Crippen LogP contribution in [0, 0.1) is 0 Å². The fourth-order valence-corrected chi connectivity index (χ4v) is 1.08. The van der Waals surface area contributed by atoms with Gasteiger partial charge in [0, 0.05) is 24.2 Å². The normalized spacial score (nSPS) is 9.79. The predicted octanol–water partition coefficient (Wildman–Crippen LogP) is 0.824. The summed E-state index contributed by atoms with van der Waals surface area (Å²) in [5, 5.41) is 0. The van der Waals surface area contributed by atoms with Crippen LogP contribution in [0.2, 0.25) is 0 Å². The van der Waals surface area contributed by atoms with E-state index in [1.54, 1.807) is 30.9 Å². The van der Waals surface area contributed by atoms with Crippen molar-refractivity contribution in [1.29, 1.82) is 0 Å². The number of nitrogens with one attached hydrogen (secondary N) is 1. The number of aromatic nitrogens is 3. The molecule has 5 nitrogen and oxygen atoms in total. The van der Waals surface area contributed by atoms with E-state index in [9.17, 15) is 0 Å². The summed E-state index contributed by atoms with van der Waals surface area (Å²) in [6.07, 6.45) is 6.66. The van der Waals surface area contributed by atoms with E-state index in [0.717, 1.165) is 11.3 Å². The van der Waals surface area contributed by atoms with Gasteiger partial charge < -0.3 is 5.43 Å². The van der Waals surface area contributed by atoms with Crippen molar-refractivity contribution in [2.24, 2.45) is 5.84 Å². The molecule has 0 aliphatic heterocycles. The van der Waals surface area contributed by atoms with Crippen LogP contribution in [0.1, 0.15) is 0 Å². The minimum absolute atomic E-state index is 0.623. The summed E-state index contributed by atoms with van der Waals surface area (Å²) in [6, 6.07) is 3.66. The van der Waals surface area contributed by atoms with Crippen LogP contribution in [0.5, 0.6) is 0 Å². The zero-order valence-corrected chi connectivity index (χ0v) is 7.38. The minimum Gasteiger partial charge on any atom is -0.308 e. The topological polar surface area (TPSA) is 76.7 Å². The van der Waals surface area contributed by atoms with Crippen molar-refractivity contribution in [3.63, 3.8) is 0 Å². The van der Waals surface area contributed by atoms with Gasteiger partial charge in [-0.15, -0.1) is 0 Å². The van der Waals surface area contributed by atoms with Crippen molar-refractivity contribution >= 4 is 5.82 Å². The van der Waals surface area contributed by atoms with Gasteiger partial charge in [-0.05, 0) is 12.1 Å². The third-order valence-electron chi connectivity index (χ3n) is 1.77. The van der Waals surface area contributed by atoms with Crippen LogP contribution >= 0.6 is 0 Å². The van der Waals surface area contributed by atoms with Gasteiger partial charge in [0.1, 0.15) is 5.82 Å². The summed E-state index contributed by atoms with van der Waals surface area (Å²) >= 11 is 0. The molecule has 0 spiro atoms. The summed E-state index contributed by atoms with van der Waals surface area (Å²) in [4.78, 5) is 12.2. The maximum Gasteiger partial charge on any atom is 0.139 e. The van der Waals surface area contributed by atoms with E-state index >= 15 is 0 Å². The lowest BCUT2D eigenvalue weighted by atomic mass is 10.2. The first-order valence-electron chi connectivity index (χ1n) is 4.09. The molecule has 2 heterocycles. The first-order chi connectivity index (χ1) is 6.90. The monoisotopic (exact) mass is 187 g/mol. The SMILES string of the molecule is NNc1ccc(-c2cnccn2)cn1. The zero-order chi connectivity index (χ0) is 9.80. The largest absolute Gasteiger partial charge is 0.308 e. The minimum atomic E-state index is 0.623. The smallest absolute Gasteiger partial charge is 0.139 e. The molecule has 2 rings (SSSR count). The molecule has 0 atom stereocenters. The number of nitrogens with zero attached hydrogens (tertiary/aromatic N) is 3. The van der Waals surface area contributed by atoms with Gasteiger partial charge in [-0.25, -0.2) is 10.8 Å². The van der Waals surface area contributed by atoms with Crippen LogP contribution < -0.4 is 11.3 Å². The van der Waals surface area contributed by atoms with Crippen molar-refractivity contribution in [3.8, 4) is 11.3 Å². The van der Waals surface area contributed by atoms with Crippen LogP contribution in [0.3, 0.4) is 0 Å².